The number of anilines is 1. The van der Waals surface area contributed by atoms with Gasteiger partial charge in [0, 0.05) is 30.3 Å². The van der Waals surface area contributed by atoms with Gasteiger partial charge in [-0.15, -0.1) is 0 Å². The number of fused-ring (bicyclic) bond motifs is 1. The summed E-state index contributed by atoms with van der Waals surface area (Å²) in [5.74, 6) is 1.11. The lowest BCUT2D eigenvalue weighted by Gasteiger charge is -2.24. The number of amides is 2. The number of carbonyl (C=O) groups is 2. The van der Waals surface area contributed by atoms with Crippen molar-refractivity contribution in [3.8, 4) is 11.5 Å². The predicted octanol–water partition coefficient (Wildman–Crippen LogP) is 3.01. The summed E-state index contributed by atoms with van der Waals surface area (Å²) in [5, 5.41) is 8.74. The number of nitrogens with zero attached hydrogens (tertiary/aromatic N) is 2. The monoisotopic (exact) mass is 365 g/mol. The van der Waals surface area contributed by atoms with Crippen LogP contribution in [0, 0.1) is 0 Å². The first kappa shape index (κ1) is 17.1. The quantitative estimate of drug-likeness (QED) is 0.907. The summed E-state index contributed by atoms with van der Waals surface area (Å²) in [6.45, 7) is 2.24. The van der Waals surface area contributed by atoms with Gasteiger partial charge >= 0.3 is 0 Å². The molecule has 4 rings (SSSR count). The normalized spacial score (nSPS) is 15.3. The Labute approximate surface area is 156 Å². The van der Waals surface area contributed by atoms with E-state index in [0.717, 1.165) is 29.9 Å². The van der Waals surface area contributed by atoms with Gasteiger partial charge in [-0.25, -0.2) is 5.01 Å². The van der Waals surface area contributed by atoms with Gasteiger partial charge < -0.3 is 14.8 Å². The molecule has 27 heavy (non-hydrogen) atoms. The van der Waals surface area contributed by atoms with Gasteiger partial charge in [0.15, 0.2) is 11.5 Å². The zero-order chi connectivity index (χ0) is 18.8. The fourth-order valence-electron chi connectivity index (χ4n) is 3.12. The van der Waals surface area contributed by atoms with Gasteiger partial charge in [0.2, 0.25) is 12.7 Å². The van der Waals surface area contributed by atoms with Crippen LogP contribution in [-0.2, 0) is 4.79 Å². The molecule has 0 spiro atoms. The van der Waals surface area contributed by atoms with Crippen molar-refractivity contribution in [2.45, 2.75) is 19.8 Å². The minimum absolute atomic E-state index is 0.150. The van der Waals surface area contributed by atoms with Gasteiger partial charge in [0.05, 0.1) is 5.71 Å². The molecule has 2 aliphatic rings. The zero-order valence-electron chi connectivity index (χ0n) is 14.9. The minimum atomic E-state index is -0.165. The highest BCUT2D eigenvalue weighted by molar-refractivity contribution is 6.03. The van der Waals surface area contributed by atoms with Crippen molar-refractivity contribution in [2.24, 2.45) is 5.10 Å². The molecule has 2 heterocycles. The second-order valence-electron chi connectivity index (χ2n) is 6.41. The highest BCUT2D eigenvalue weighted by Gasteiger charge is 2.22. The lowest BCUT2D eigenvalue weighted by molar-refractivity contribution is -0.114. The first-order valence-corrected chi connectivity index (χ1v) is 8.77. The van der Waals surface area contributed by atoms with Crippen molar-refractivity contribution in [3.05, 3.63) is 53.6 Å². The van der Waals surface area contributed by atoms with Crippen molar-refractivity contribution in [2.75, 3.05) is 18.7 Å². The number of benzene rings is 2. The van der Waals surface area contributed by atoms with E-state index in [2.05, 4.69) is 10.4 Å². The molecule has 0 atom stereocenters. The summed E-state index contributed by atoms with van der Waals surface area (Å²) in [5.41, 5.74) is 2.96. The van der Waals surface area contributed by atoms with Crippen molar-refractivity contribution < 1.29 is 19.1 Å². The lowest BCUT2D eigenvalue weighted by atomic mass is 10.0. The fourth-order valence-corrected chi connectivity index (χ4v) is 3.12. The predicted molar refractivity (Wildman–Crippen MR) is 100 cm³/mol. The highest BCUT2D eigenvalue weighted by atomic mass is 16.7. The standard InChI is InChI=1S/C20H19N3O4/c1-13(24)21-16-7-4-14(5-8-16)20(25)23-10-2-3-17(22-23)15-6-9-18-19(11-15)27-12-26-18/h4-9,11H,2-3,10,12H2,1H3,(H,21,24). The Balaban J connectivity index is 1.54. The molecular formula is C20H19N3O4. The van der Waals surface area contributed by atoms with Crippen molar-refractivity contribution in [1.29, 1.82) is 0 Å². The SMILES string of the molecule is CC(=O)Nc1ccc(C(=O)N2CCCC(c3ccc4c(c3)OCO4)=N2)cc1. The number of carbonyl (C=O) groups excluding carboxylic acids is 2. The van der Waals surface area contributed by atoms with E-state index in [1.807, 2.05) is 18.2 Å². The Bertz CT molecular complexity index is 921. The van der Waals surface area contributed by atoms with E-state index >= 15 is 0 Å². The Morgan fingerprint density at radius 3 is 2.63 bits per heavy atom. The van der Waals surface area contributed by atoms with E-state index in [0.29, 0.717) is 23.5 Å². The van der Waals surface area contributed by atoms with Gasteiger partial charge in [-0.05, 0) is 55.3 Å². The number of ether oxygens (including phenoxy) is 2. The summed E-state index contributed by atoms with van der Waals surface area (Å²) in [7, 11) is 0. The molecule has 0 aromatic heterocycles. The second-order valence-corrected chi connectivity index (χ2v) is 6.41. The topological polar surface area (TPSA) is 80.2 Å². The van der Waals surface area contributed by atoms with Crippen LogP contribution in [0.15, 0.2) is 47.6 Å². The van der Waals surface area contributed by atoms with Crippen LogP contribution >= 0.6 is 0 Å². The van der Waals surface area contributed by atoms with Crippen LogP contribution in [-0.4, -0.2) is 35.9 Å². The fraction of sp³-hybridized carbons (Fsp3) is 0.250. The molecule has 2 aromatic carbocycles. The summed E-state index contributed by atoms with van der Waals surface area (Å²) in [4.78, 5) is 23.9. The Morgan fingerprint density at radius 1 is 1.07 bits per heavy atom. The molecule has 2 aliphatic heterocycles. The molecule has 0 aliphatic carbocycles. The number of nitrogens with one attached hydrogen (secondary N) is 1. The van der Waals surface area contributed by atoms with E-state index in [-0.39, 0.29) is 18.6 Å². The molecule has 2 amide bonds. The third-order valence-electron chi connectivity index (χ3n) is 4.42. The van der Waals surface area contributed by atoms with Gasteiger partial charge in [-0.2, -0.15) is 5.10 Å². The molecule has 0 unspecified atom stereocenters. The van der Waals surface area contributed by atoms with Crippen LogP contribution in [0.1, 0.15) is 35.7 Å². The first-order valence-electron chi connectivity index (χ1n) is 8.77. The second kappa shape index (κ2) is 7.11. The van der Waals surface area contributed by atoms with Crippen molar-refractivity contribution >= 4 is 23.2 Å². The summed E-state index contributed by atoms with van der Waals surface area (Å²) in [6, 6.07) is 12.5. The molecule has 0 radical (unpaired) electrons. The van der Waals surface area contributed by atoms with E-state index < -0.39 is 0 Å². The van der Waals surface area contributed by atoms with Crippen LogP contribution in [0.5, 0.6) is 11.5 Å². The van der Waals surface area contributed by atoms with Gasteiger partial charge in [0.1, 0.15) is 0 Å². The maximum atomic E-state index is 12.8. The summed E-state index contributed by atoms with van der Waals surface area (Å²) in [6.07, 6.45) is 1.63. The summed E-state index contributed by atoms with van der Waals surface area (Å²) < 4.78 is 10.8. The van der Waals surface area contributed by atoms with Gasteiger partial charge in [0.25, 0.3) is 5.91 Å². The molecule has 2 aromatic rings. The first-order chi connectivity index (χ1) is 13.1. The molecule has 0 fully saturated rings. The molecule has 1 N–H and O–H groups in total. The van der Waals surface area contributed by atoms with Crippen LogP contribution in [0.25, 0.3) is 0 Å². The maximum absolute atomic E-state index is 12.8. The number of hydrogen-bond acceptors (Lipinski definition) is 5. The third-order valence-corrected chi connectivity index (χ3v) is 4.42. The Hall–Kier alpha value is -3.35. The van der Waals surface area contributed by atoms with E-state index in [4.69, 9.17) is 9.47 Å². The smallest absolute Gasteiger partial charge is 0.273 e. The average Bonchev–Trinajstić information content (AvgIpc) is 3.15. The zero-order valence-corrected chi connectivity index (χ0v) is 14.9. The maximum Gasteiger partial charge on any atom is 0.273 e. The minimum Gasteiger partial charge on any atom is -0.454 e. The van der Waals surface area contributed by atoms with Crippen LogP contribution in [0.3, 0.4) is 0 Å². The Morgan fingerprint density at radius 2 is 1.85 bits per heavy atom. The molecule has 7 nitrogen and oxygen atoms in total. The van der Waals surface area contributed by atoms with E-state index in [1.165, 1.54) is 11.9 Å². The van der Waals surface area contributed by atoms with E-state index in [9.17, 15) is 9.59 Å². The average molecular weight is 365 g/mol. The highest BCUT2D eigenvalue weighted by Crippen LogP contribution is 2.33. The lowest BCUT2D eigenvalue weighted by Crippen LogP contribution is -2.32. The van der Waals surface area contributed by atoms with Crippen LogP contribution < -0.4 is 14.8 Å². The number of hydrazone groups is 1. The van der Waals surface area contributed by atoms with Crippen molar-refractivity contribution in [3.63, 3.8) is 0 Å². The Kier molecular flexibility index (Phi) is 4.50. The molecule has 138 valence electrons. The molecular weight excluding hydrogens is 346 g/mol. The van der Waals surface area contributed by atoms with Gasteiger partial charge in [-0.1, -0.05) is 0 Å². The molecule has 0 bridgehead atoms. The van der Waals surface area contributed by atoms with Crippen molar-refractivity contribution in [1.82, 2.24) is 5.01 Å². The summed E-state index contributed by atoms with van der Waals surface area (Å²) >= 11 is 0. The molecule has 0 saturated carbocycles. The van der Waals surface area contributed by atoms with Crippen LogP contribution in [0.2, 0.25) is 0 Å². The number of rotatable bonds is 3. The van der Waals surface area contributed by atoms with E-state index in [1.54, 1.807) is 24.3 Å². The third kappa shape index (κ3) is 3.62. The molecule has 0 saturated heterocycles. The van der Waals surface area contributed by atoms with Crippen LogP contribution in [0.4, 0.5) is 5.69 Å². The molecule has 7 heteroatoms. The number of hydrogen-bond donors (Lipinski definition) is 1. The van der Waals surface area contributed by atoms with Gasteiger partial charge in [-0.3, -0.25) is 9.59 Å². The largest absolute Gasteiger partial charge is 0.454 e.